The Hall–Kier alpha value is -2.45. The van der Waals surface area contributed by atoms with E-state index in [9.17, 15) is 13.2 Å². The molecule has 8 heteroatoms. The average molecular weight is 418 g/mol. The number of nitrogens with one attached hydrogen (secondary N) is 1. The van der Waals surface area contributed by atoms with Crippen molar-refractivity contribution in [3.63, 3.8) is 0 Å². The van der Waals surface area contributed by atoms with E-state index in [1.54, 1.807) is 36.5 Å². The van der Waals surface area contributed by atoms with E-state index in [1.807, 2.05) is 26.8 Å². The van der Waals surface area contributed by atoms with Crippen LogP contribution in [0.3, 0.4) is 0 Å². The molecule has 2 heterocycles. The molecule has 2 aromatic rings. The zero-order chi connectivity index (χ0) is 21.2. The number of anilines is 1. The number of carbonyl (C=O) groups is 1. The number of benzene rings is 1. The molecule has 1 aromatic carbocycles. The second kappa shape index (κ2) is 8.51. The third kappa shape index (κ3) is 5.33. The lowest BCUT2D eigenvalue weighted by molar-refractivity contribution is -0.00546. The molecule has 156 valence electrons. The molecule has 0 unspecified atom stereocenters. The highest BCUT2D eigenvalue weighted by Gasteiger charge is 2.23. The number of morpholine rings is 1. The summed E-state index contributed by atoms with van der Waals surface area (Å²) in [5, 5.41) is 2.92. The molecule has 0 bridgehead atoms. The van der Waals surface area contributed by atoms with Crippen molar-refractivity contribution in [2.75, 3.05) is 24.2 Å². The largest absolute Gasteiger partial charge is 0.372 e. The van der Waals surface area contributed by atoms with E-state index in [-0.39, 0.29) is 29.1 Å². The smallest absolute Gasteiger partial charge is 0.253 e. The Morgan fingerprint density at radius 3 is 2.28 bits per heavy atom. The minimum atomic E-state index is -3.24. The third-order valence-electron chi connectivity index (χ3n) is 4.91. The third-order valence-corrected chi connectivity index (χ3v) is 6.04. The molecule has 0 saturated carbocycles. The Kier molecular flexibility index (Phi) is 6.24. The first-order valence-corrected chi connectivity index (χ1v) is 11.5. The molecule has 7 nitrogen and oxygen atoms in total. The van der Waals surface area contributed by atoms with Crippen LogP contribution in [0.15, 0.2) is 47.5 Å². The summed E-state index contributed by atoms with van der Waals surface area (Å²) in [6.07, 6.45) is 3.02. The van der Waals surface area contributed by atoms with Gasteiger partial charge in [-0.15, -0.1) is 0 Å². The number of nitrogens with zero attached hydrogens (tertiary/aromatic N) is 2. The lowest BCUT2D eigenvalue weighted by Crippen LogP contribution is -2.45. The van der Waals surface area contributed by atoms with E-state index < -0.39 is 9.84 Å². The highest BCUT2D eigenvalue weighted by atomic mass is 32.2. The van der Waals surface area contributed by atoms with Crippen LogP contribution in [0.5, 0.6) is 0 Å². The maximum Gasteiger partial charge on any atom is 0.253 e. The van der Waals surface area contributed by atoms with Crippen molar-refractivity contribution < 1.29 is 17.9 Å². The fourth-order valence-electron chi connectivity index (χ4n) is 3.44. The number of sulfone groups is 1. The van der Waals surface area contributed by atoms with Crippen molar-refractivity contribution in [1.29, 1.82) is 0 Å². The number of pyridine rings is 1. The fourth-order valence-corrected chi connectivity index (χ4v) is 4.07. The molecule has 3 rings (SSSR count). The predicted molar refractivity (Wildman–Crippen MR) is 112 cm³/mol. The van der Waals surface area contributed by atoms with E-state index in [2.05, 4.69) is 15.2 Å². The van der Waals surface area contributed by atoms with Crippen LogP contribution in [0.1, 0.15) is 42.7 Å². The predicted octanol–water partition coefficient (Wildman–Crippen LogP) is 2.59. The van der Waals surface area contributed by atoms with Crippen LogP contribution in [0.4, 0.5) is 5.82 Å². The summed E-state index contributed by atoms with van der Waals surface area (Å²) < 4.78 is 28.9. The van der Waals surface area contributed by atoms with Gasteiger partial charge < -0.3 is 15.0 Å². The number of rotatable bonds is 5. The molecule has 1 N–H and O–H groups in total. The van der Waals surface area contributed by atoms with Crippen LogP contribution in [-0.4, -0.2) is 50.9 Å². The molecule has 29 heavy (non-hydrogen) atoms. The SMILES string of the molecule is C[C@@H]1CN(c2ccc(C(=O)N[C@H](C)c3ccc(S(C)(=O)=O)cc3)cn2)C[C@H](C)O1. The topological polar surface area (TPSA) is 88.6 Å². The molecule has 1 amide bonds. The van der Waals surface area contributed by atoms with Gasteiger partial charge in [0.05, 0.1) is 28.7 Å². The van der Waals surface area contributed by atoms with Gasteiger partial charge in [0.25, 0.3) is 5.91 Å². The summed E-state index contributed by atoms with van der Waals surface area (Å²) >= 11 is 0. The molecule has 1 saturated heterocycles. The zero-order valence-corrected chi connectivity index (χ0v) is 17.9. The van der Waals surface area contributed by atoms with Gasteiger partial charge in [-0.25, -0.2) is 13.4 Å². The zero-order valence-electron chi connectivity index (χ0n) is 17.1. The molecule has 1 aliphatic heterocycles. The summed E-state index contributed by atoms with van der Waals surface area (Å²) in [5.74, 6) is 0.598. The van der Waals surface area contributed by atoms with Crippen molar-refractivity contribution >= 4 is 21.6 Å². The van der Waals surface area contributed by atoms with Gasteiger partial charge in [0, 0.05) is 25.5 Å². The highest BCUT2D eigenvalue weighted by Crippen LogP contribution is 2.20. The fraction of sp³-hybridized carbons (Fsp3) is 0.429. The van der Waals surface area contributed by atoms with Crippen LogP contribution in [0.2, 0.25) is 0 Å². The summed E-state index contributed by atoms with van der Waals surface area (Å²) in [6, 6.07) is 9.87. The van der Waals surface area contributed by atoms with Crippen LogP contribution in [0, 0.1) is 0 Å². The monoisotopic (exact) mass is 417 g/mol. The number of hydrogen-bond acceptors (Lipinski definition) is 6. The first-order valence-electron chi connectivity index (χ1n) is 9.61. The Balaban J connectivity index is 1.64. The number of ether oxygens (including phenoxy) is 1. The van der Waals surface area contributed by atoms with Crippen molar-refractivity contribution in [1.82, 2.24) is 10.3 Å². The van der Waals surface area contributed by atoms with Gasteiger partial charge in [0.15, 0.2) is 9.84 Å². The lowest BCUT2D eigenvalue weighted by atomic mass is 10.1. The summed E-state index contributed by atoms with van der Waals surface area (Å²) in [5.41, 5.74) is 1.30. The number of aromatic nitrogens is 1. The molecule has 1 fully saturated rings. The minimum absolute atomic E-state index is 0.137. The van der Waals surface area contributed by atoms with Crippen LogP contribution in [0.25, 0.3) is 0 Å². The van der Waals surface area contributed by atoms with Crippen LogP contribution >= 0.6 is 0 Å². The quantitative estimate of drug-likeness (QED) is 0.804. The Morgan fingerprint density at radius 1 is 1.14 bits per heavy atom. The maximum absolute atomic E-state index is 12.6. The maximum atomic E-state index is 12.6. The summed E-state index contributed by atoms with van der Waals surface area (Å²) in [6.45, 7) is 7.46. The molecule has 0 radical (unpaired) electrons. The van der Waals surface area contributed by atoms with Gasteiger partial charge in [-0.1, -0.05) is 12.1 Å². The molecule has 1 aliphatic rings. The van der Waals surface area contributed by atoms with Crippen molar-refractivity contribution in [2.45, 2.75) is 43.9 Å². The van der Waals surface area contributed by atoms with E-state index >= 15 is 0 Å². The molecular formula is C21H27N3O4S. The van der Waals surface area contributed by atoms with E-state index in [0.29, 0.717) is 5.56 Å². The van der Waals surface area contributed by atoms with Gasteiger partial charge in [0.2, 0.25) is 0 Å². The number of carbonyl (C=O) groups excluding carboxylic acids is 1. The van der Waals surface area contributed by atoms with Crippen LogP contribution in [-0.2, 0) is 14.6 Å². The van der Waals surface area contributed by atoms with Crippen molar-refractivity contribution in [2.24, 2.45) is 0 Å². The van der Waals surface area contributed by atoms with E-state index in [4.69, 9.17) is 4.74 Å². The molecule has 0 spiro atoms. The van der Waals surface area contributed by atoms with Gasteiger partial charge in [-0.3, -0.25) is 4.79 Å². The van der Waals surface area contributed by atoms with Gasteiger partial charge in [-0.2, -0.15) is 0 Å². The second-order valence-corrected chi connectivity index (χ2v) is 9.62. The minimum Gasteiger partial charge on any atom is -0.372 e. The Morgan fingerprint density at radius 2 is 1.76 bits per heavy atom. The normalized spacial score (nSPS) is 20.9. The van der Waals surface area contributed by atoms with Gasteiger partial charge >= 0.3 is 0 Å². The van der Waals surface area contributed by atoms with E-state index in [0.717, 1.165) is 24.5 Å². The lowest BCUT2D eigenvalue weighted by Gasteiger charge is -2.36. The number of hydrogen-bond donors (Lipinski definition) is 1. The first kappa shape index (κ1) is 21.3. The van der Waals surface area contributed by atoms with E-state index in [1.165, 1.54) is 6.26 Å². The Bertz CT molecular complexity index is 948. The van der Waals surface area contributed by atoms with Crippen molar-refractivity contribution in [3.05, 3.63) is 53.7 Å². The molecular weight excluding hydrogens is 390 g/mol. The molecule has 0 aliphatic carbocycles. The molecule has 1 aromatic heterocycles. The molecule has 3 atom stereocenters. The summed E-state index contributed by atoms with van der Waals surface area (Å²) in [7, 11) is -3.24. The highest BCUT2D eigenvalue weighted by molar-refractivity contribution is 7.90. The van der Waals surface area contributed by atoms with Crippen LogP contribution < -0.4 is 10.2 Å². The standard InChI is InChI=1S/C21H27N3O4S/c1-14-12-24(13-15(2)28-14)20-10-7-18(11-22-20)21(25)23-16(3)17-5-8-19(9-6-17)29(4,26)27/h5-11,14-16H,12-13H2,1-4H3,(H,23,25)/t14-,15+,16-/m1/s1. The first-order chi connectivity index (χ1) is 13.6. The number of amides is 1. The average Bonchev–Trinajstić information content (AvgIpc) is 2.66. The van der Waals surface area contributed by atoms with Crippen molar-refractivity contribution in [3.8, 4) is 0 Å². The second-order valence-electron chi connectivity index (χ2n) is 7.60. The Labute approximate surface area is 172 Å². The van der Waals surface area contributed by atoms with Gasteiger partial charge in [-0.05, 0) is 50.6 Å². The van der Waals surface area contributed by atoms with Gasteiger partial charge in [0.1, 0.15) is 5.82 Å². The summed E-state index contributed by atoms with van der Waals surface area (Å²) in [4.78, 5) is 19.4.